The van der Waals surface area contributed by atoms with Gasteiger partial charge in [-0.05, 0) is 117 Å². The van der Waals surface area contributed by atoms with Crippen LogP contribution in [0.1, 0.15) is 34.7 Å². The van der Waals surface area contributed by atoms with Gasteiger partial charge in [0.05, 0.1) is 22.8 Å². The molecule has 5 N–H and O–H groups in total. The van der Waals surface area contributed by atoms with E-state index in [2.05, 4.69) is 141 Å². The van der Waals surface area contributed by atoms with E-state index in [1.807, 2.05) is 25.1 Å². The molecule has 0 spiro atoms. The van der Waals surface area contributed by atoms with E-state index in [4.69, 9.17) is 15.7 Å². The van der Waals surface area contributed by atoms with Crippen molar-refractivity contribution in [3.8, 4) is 5.69 Å². The van der Waals surface area contributed by atoms with Crippen molar-refractivity contribution in [2.45, 2.75) is 47.6 Å². The van der Waals surface area contributed by atoms with Gasteiger partial charge in [0.2, 0.25) is 16.7 Å². The lowest BCUT2D eigenvalue weighted by Gasteiger charge is -2.35. The fourth-order valence-electron chi connectivity index (χ4n) is 6.39. The summed E-state index contributed by atoms with van der Waals surface area (Å²) >= 11 is 0. The smallest absolute Gasteiger partial charge is 0.239 e. The lowest BCUT2D eigenvalue weighted by Crippen LogP contribution is -3.00. The molecule has 0 bridgehead atoms. The molecule has 1 aromatic heterocycles. The lowest BCUT2D eigenvalue weighted by atomic mass is 9.95. The van der Waals surface area contributed by atoms with Gasteiger partial charge in [0.15, 0.2) is 0 Å². The Kier molecular flexibility index (Phi) is 10.5. The second kappa shape index (κ2) is 14.5. The maximum atomic E-state index is 6.19. The highest BCUT2D eigenvalue weighted by molar-refractivity contribution is 6.17. The molecule has 6 aromatic rings. The van der Waals surface area contributed by atoms with Crippen LogP contribution in [0.25, 0.3) is 27.8 Å². The number of para-hydroxylation sites is 2. The van der Waals surface area contributed by atoms with E-state index in [9.17, 15) is 0 Å². The first-order chi connectivity index (χ1) is 23.1. The molecule has 2 heterocycles. The molecule has 0 radical (unpaired) electrons. The van der Waals surface area contributed by atoms with Crippen LogP contribution in [0.4, 0.5) is 22.7 Å². The van der Waals surface area contributed by atoms with E-state index < -0.39 is 0 Å². The second-order valence-corrected chi connectivity index (χ2v) is 13.0. The van der Waals surface area contributed by atoms with Crippen molar-refractivity contribution in [3.63, 3.8) is 0 Å². The molecule has 1 atom stereocenters. The molecular weight excluding hydrogens is 659 g/mol. The largest absolute Gasteiger partial charge is 1.00 e. The normalized spacial score (nSPS) is 14.6. The summed E-state index contributed by atoms with van der Waals surface area (Å²) in [6.45, 7) is 12.7. The first-order valence-corrected chi connectivity index (χ1v) is 16.5. The third-order valence-corrected chi connectivity index (χ3v) is 9.59. The third kappa shape index (κ3) is 6.62. The highest BCUT2D eigenvalue weighted by Gasteiger charge is 2.30. The Hall–Kier alpha value is -5.01. The second-order valence-electron chi connectivity index (χ2n) is 13.0. The van der Waals surface area contributed by atoms with E-state index >= 15 is 0 Å². The number of benzene rings is 5. The summed E-state index contributed by atoms with van der Waals surface area (Å²) in [5.74, 6) is 0. The Labute approximate surface area is 306 Å². The average Bonchev–Trinajstić information content (AvgIpc) is 3.07. The fraction of sp³-hybridized carbons (Fsp3) is 0.167. The Balaban J connectivity index is 0.000000187. The number of nitrogen functional groups attached to an aromatic ring is 1. The number of halogens is 2. The van der Waals surface area contributed by atoms with Crippen LogP contribution in [0.3, 0.4) is 0 Å². The SMILES string of the molecule is CC1=CC2=Nc3cc(C)c(C)cc3N(c3ccccc3)C2=CC1[NH3+].Cc1cc2nc3cc(C)c(N)cc3[n+](-c3ccccc3)c2cc1C.[Cl-].[Cl-]. The number of hydrogen-bond acceptors (Lipinski definition) is 4. The summed E-state index contributed by atoms with van der Waals surface area (Å²) in [5.41, 5.74) is 29.3. The van der Waals surface area contributed by atoms with Gasteiger partial charge in [-0.25, -0.2) is 9.98 Å². The summed E-state index contributed by atoms with van der Waals surface area (Å²) in [4.78, 5) is 12.1. The van der Waals surface area contributed by atoms with Crippen molar-refractivity contribution < 1.29 is 35.1 Å². The summed E-state index contributed by atoms with van der Waals surface area (Å²) in [7, 11) is 0. The Bertz CT molecular complexity index is 2260. The Morgan fingerprint density at radius 1 is 0.680 bits per heavy atom. The van der Waals surface area contributed by atoms with Crippen molar-refractivity contribution in [1.29, 1.82) is 0 Å². The molecule has 0 amide bonds. The number of fused-ring (bicyclic) bond motifs is 4. The number of aromatic nitrogens is 2. The van der Waals surface area contributed by atoms with Gasteiger partial charge in [0, 0.05) is 41.7 Å². The maximum absolute atomic E-state index is 6.19. The van der Waals surface area contributed by atoms with Gasteiger partial charge >= 0.3 is 0 Å². The molecule has 2 aliphatic rings. The predicted molar refractivity (Wildman–Crippen MR) is 200 cm³/mol. The summed E-state index contributed by atoms with van der Waals surface area (Å²) in [6, 6.07) is 33.9. The number of aliphatic imine (C=N–C) groups is 1. The number of anilines is 3. The Morgan fingerprint density at radius 3 is 1.92 bits per heavy atom. The highest BCUT2D eigenvalue weighted by atomic mass is 35.5. The third-order valence-electron chi connectivity index (χ3n) is 9.59. The summed E-state index contributed by atoms with van der Waals surface area (Å²) in [6.07, 6.45) is 4.39. The molecule has 8 rings (SSSR count). The van der Waals surface area contributed by atoms with Gasteiger partial charge in [0.25, 0.3) is 0 Å². The van der Waals surface area contributed by atoms with Crippen LogP contribution in [0.5, 0.6) is 0 Å². The average molecular weight is 702 g/mol. The number of nitrogens with two attached hydrogens (primary N) is 1. The Morgan fingerprint density at radius 2 is 1.24 bits per heavy atom. The molecular formula is C42H42Cl2N6. The lowest BCUT2D eigenvalue weighted by molar-refractivity contribution is -0.538. The molecule has 1 aliphatic heterocycles. The number of quaternary nitrogens is 1. The zero-order valence-corrected chi connectivity index (χ0v) is 30.8. The van der Waals surface area contributed by atoms with Crippen LogP contribution in [0.2, 0.25) is 0 Å². The quantitative estimate of drug-likeness (QED) is 0.165. The molecule has 1 aliphatic carbocycles. The highest BCUT2D eigenvalue weighted by Crippen LogP contribution is 2.44. The molecule has 6 nitrogen and oxygen atoms in total. The van der Waals surface area contributed by atoms with Gasteiger partial charge in [-0.2, -0.15) is 0 Å². The van der Waals surface area contributed by atoms with E-state index in [0.29, 0.717) is 0 Å². The topological polar surface area (TPSA) is 86.0 Å². The van der Waals surface area contributed by atoms with Gasteiger partial charge < -0.3 is 41.2 Å². The number of rotatable bonds is 2. The van der Waals surface area contributed by atoms with Crippen LogP contribution >= 0.6 is 0 Å². The van der Waals surface area contributed by atoms with E-state index in [0.717, 1.165) is 67.5 Å². The number of aryl methyl sites for hydroxylation is 5. The first kappa shape index (κ1) is 36.3. The number of allylic oxidation sites excluding steroid dienone is 1. The van der Waals surface area contributed by atoms with Crippen molar-refractivity contribution in [3.05, 3.63) is 148 Å². The molecule has 0 fully saturated rings. The summed E-state index contributed by atoms with van der Waals surface area (Å²) < 4.78 is 2.25. The number of nitrogens with zero attached hydrogens (tertiary/aromatic N) is 4. The van der Waals surface area contributed by atoms with Crippen molar-refractivity contribution >= 4 is 50.5 Å². The summed E-state index contributed by atoms with van der Waals surface area (Å²) in [5, 5.41) is 0. The van der Waals surface area contributed by atoms with Crippen LogP contribution < -0.4 is 45.7 Å². The fourth-order valence-corrected chi connectivity index (χ4v) is 6.39. The van der Waals surface area contributed by atoms with Gasteiger partial charge in [-0.15, -0.1) is 4.57 Å². The van der Waals surface area contributed by atoms with E-state index in [-0.39, 0.29) is 30.9 Å². The first-order valence-electron chi connectivity index (χ1n) is 16.5. The minimum atomic E-state index is 0. The van der Waals surface area contributed by atoms with Crippen LogP contribution in [-0.2, 0) is 0 Å². The predicted octanol–water partition coefficient (Wildman–Crippen LogP) is 2.16. The molecule has 50 heavy (non-hydrogen) atoms. The molecule has 254 valence electrons. The van der Waals surface area contributed by atoms with Gasteiger partial charge in [0.1, 0.15) is 17.1 Å². The number of hydrogen-bond donors (Lipinski definition) is 2. The van der Waals surface area contributed by atoms with Gasteiger partial charge in [-0.1, -0.05) is 36.4 Å². The van der Waals surface area contributed by atoms with Crippen molar-refractivity contribution in [1.82, 2.24) is 4.98 Å². The van der Waals surface area contributed by atoms with E-state index in [1.165, 1.54) is 27.8 Å². The zero-order chi connectivity index (χ0) is 33.7. The van der Waals surface area contributed by atoms with Crippen LogP contribution in [0.15, 0.2) is 125 Å². The monoisotopic (exact) mass is 700 g/mol. The maximum Gasteiger partial charge on any atom is 0.239 e. The van der Waals surface area contributed by atoms with Crippen molar-refractivity contribution in [2.24, 2.45) is 4.99 Å². The van der Waals surface area contributed by atoms with Crippen LogP contribution in [-0.4, -0.2) is 16.7 Å². The molecule has 8 heteroatoms. The molecule has 1 unspecified atom stereocenters. The molecule has 0 saturated carbocycles. The standard InChI is InChI=1S/C21H21N3.C21H19N3.2ClH/c2*1-13-9-18-20(11-14(13)2)24(16-7-5-4-6-8-16)21-12-17(22)15(3)10-19(21)23-18;;/h4-12,17H,22H2,1-3H3;4-12,22H,1-3H3;2*1H. The van der Waals surface area contributed by atoms with E-state index in [1.54, 1.807) is 0 Å². The zero-order valence-electron chi connectivity index (χ0n) is 29.3. The molecule has 0 saturated heterocycles. The van der Waals surface area contributed by atoms with Crippen LogP contribution in [0, 0.1) is 34.6 Å². The minimum absolute atomic E-state index is 0. The van der Waals surface area contributed by atoms with Crippen molar-refractivity contribution in [2.75, 3.05) is 10.6 Å². The minimum Gasteiger partial charge on any atom is -1.00 e. The van der Waals surface area contributed by atoms with Gasteiger partial charge in [-0.3, -0.25) is 0 Å². The molecule has 5 aromatic carbocycles.